The zero-order valence-corrected chi connectivity index (χ0v) is 17.3. The van der Waals surface area contributed by atoms with E-state index in [4.69, 9.17) is 11.6 Å². The van der Waals surface area contributed by atoms with Crippen molar-refractivity contribution in [1.82, 2.24) is 9.97 Å². The smallest absolute Gasteiger partial charge is 0.278 e. The Balaban J connectivity index is 1.53. The number of hydrogen-bond donors (Lipinski definition) is 0. The van der Waals surface area contributed by atoms with Gasteiger partial charge in [-0.25, -0.2) is 4.98 Å². The third-order valence-corrected chi connectivity index (χ3v) is 5.91. The Labute approximate surface area is 176 Å². The van der Waals surface area contributed by atoms with Gasteiger partial charge >= 0.3 is 0 Å². The Morgan fingerprint density at radius 1 is 0.966 bits per heavy atom. The summed E-state index contributed by atoms with van der Waals surface area (Å²) in [7, 11) is 1.72. The molecule has 1 amide bonds. The maximum atomic E-state index is 12.9. The average molecular weight is 406 g/mol. The molecule has 2 aromatic carbocycles. The van der Waals surface area contributed by atoms with E-state index in [2.05, 4.69) is 34.2 Å². The second-order valence-corrected chi connectivity index (χ2v) is 8.02. The third-order valence-electron chi connectivity index (χ3n) is 5.66. The highest BCUT2D eigenvalue weighted by atomic mass is 35.5. The van der Waals surface area contributed by atoms with E-state index in [9.17, 15) is 4.79 Å². The van der Waals surface area contributed by atoms with Crippen LogP contribution in [0, 0.1) is 0 Å². The predicted molar refractivity (Wildman–Crippen MR) is 117 cm³/mol. The Kier molecular flexibility index (Phi) is 5.91. The Morgan fingerprint density at radius 3 is 2.34 bits per heavy atom. The highest BCUT2D eigenvalue weighted by Gasteiger charge is 2.18. The molecule has 5 heteroatoms. The summed E-state index contributed by atoms with van der Waals surface area (Å²) in [5, 5.41) is 0.632. The molecule has 1 fully saturated rings. The fourth-order valence-corrected chi connectivity index (χ4v) is 4.05. The first-order valence-corrected chi connectivity index (χ1v) is 10.5. The van der Waals surface area contributed by atoms with Crippen LogP contribution in [0.1, 0.15) is 54.1 Å². The van der Waals surface area contributed by atoms with Gasteiger partial charge in [-0.05, 0) is 48.6 Å². The van der Waals surface area contributed by atoms with E-state index < -0.39 is 0 Å². The topological polar surface area (TPSA) is 46.1 Å². The van der Waals surface area contributed by atoms with Crippen molar-refractivity contribution in [1.29, 1.82) is 0 Å². The highest BCUT2D eigenvalue weighted by molar-refractivity contribution is 6.30. The maximum absolute atomic E-state index is 12.9. The van der Waals surface area contributed by atoms with Crippen LogP contribution >= 0.6 is 11.6 Å². The van der Waals surface area contributed by atoms with Crippen LogP contribution in [0.5, 0.6) is 0 Å². The molecule has 0 unspecified atom stereocenters. The molecule has 0 saturated heterocycles. The van der Waals surface area contributed by atoms with Gasteiger partial charge < -0.3 is 4.90 Å². The second kappa shape index (κ2) is 8.75. The van der Waals surface area contributed by atoms with Crippen LogP contribution in [0.4, 0.5) is 5.69 Å². The second-order valence-electron chi connectivity index (χ2n) is 7.59. The average Bonchev–Trinajstić information content (AvgIpc) is 2.79. The summed E-state index contributed by atoms with van der Waals surface area (Å²) in [6.45, 7) is 0. The number of benzene rings is 2. The number of aromatic nitrogens is 2. The van der Waals surface area contributed by atoms with Crippen LogP contribution in [-0.4, -0.2) is 22.9 Å². The zero-order valence-electron chi connectivity index (χ0n) is 16.5. The van der Waals surface area contributed by atoms with Gasteiger partial charge in [0.1, 0.15) is 5.69 Å². The molecule has 29 heavy (non-hydrogen) atoms. The first-order valence-electron chi connectivity index (χ1n) is 10.1. The van der Waals surface area contributed by atoms with Crippen molar-refractivity contribution in [2.45, 2.75) is 38.0 Å². The maximum Gasteiger partial charge on any atom is 0.278 e. The molecular weight excluding hydrogens is 382 g/mol. The van der Waals surface area contributed by atoms with Crippen molar-refractivity contribution < 1.29 is 4.79 Å². The molecule has 0 bridgehead atoms. The van der Waals surface area contributed by atoms with Crippen molar-refractivity contribution >= 4 is 23.2 Å². The van der Waals surface area contributed by atoms with Crippen molar-refractivity contribution in [3.05, 3.63) is 77.2 Å². The molecule has 4 rings (SSSR count). The summed E-state index contributed by atoms with van der Waals surface area (Å²) in [6.07, 6.45) is 9.77. The molecule has 0 atom stereocenters. The molecule has 1 aliphatic carbocycles. The normalized spacial score (nSPS) is 14.6. The SMILES string of the molecule is CN(C(=O)c1cncc(-c2ccc(C3CCCCC3)cc2)n1)c1ccc(Cl)cc1. The Hall–Kier alpha value is -2.72. The van der Waals surface area contributed by atoms with Crippen molar-refractivity contribution in [2.75, 3.05) is 11.9 Å². The summed E-state index contributed by atoms with van der Waals surface area (Å²) in [5.41, 5.74) is 4.15. The standard InChI is InChI=1S/C24H24ClN3O/c1-28(21-13-11-20(25)12-14-21)24(29)23-16-26-15-22(27-23)19-9-7-18(8-10-19)17-5-3-2-4-6-17/h7-17H,2-6H2,1H3. The number of hydrogen-bond acceptors (Lipinski definition) is 3. The first-order chi connectivity index (χ1) is 14.1. The Bertz CT molecular complexity index is 980. The van der Waals surface area contributed by atoms with Crippen LogP contribution in [0.25, 0.3) is 11.3 Å². The molecule has 3 aromatic rings. The van der Waals surface area contributed by atoms with E-state index in [-0.39, 0.29) is 5.91 Å². The van der Waals surface area contributed by atoms with Gasteiger partial charge in [0.2, 0.25) is 0 Å². The lowest BCUT2D eigenvalue weighted by Crippen LogP contribution is -2.27. The first kappa shape index (κ1) is 19.6. The van der Waals surface area contributed by atoms with Crippen LogP contribution in [0.15, 0.2) is 60.9 Å². The van der Waals surface area contributed by atoms with Gasteiger partial charge in [-0.15, -0.1) is 0 Å². The van der Waals surface area contributed by atoms with Crippen molar-refractivity contribution in [3.8, 4) is 11.3 Å². The summed E-state index contributed by atoms with van der Waals surface area (Å²) in [6, 6.07) is 15.7. The predicted octanol–water partition coefficient (Wildman–Crippen LogP) is 6.12. The van der Waals surface area contributed by atoms with Gasteiger partial charge in [-0.3, -0.25) is 9.78 Å². The summed E-state index contributed by atoms with van der Waals surface area (Å²) >= 11 is 5.94. The lowest BCUT2D eigenvalue weighted by molar-refractivity contribution is 0.0988. The summed E-state index contributed by atoms with van der Waals surface area (Å²) < 4.78 is 0. The molecule has 1 aromatic heterocycles. The molecular formula is C24H24ClN3O. The quantitative estimate of drug-likeness (QED) is 0.525. The Morgan fingerprint density at radius 2 is 1.66 bits per heavy atom. The van der Waals surface area contributed by atoms with Crippen LogP contribution in [-0.2, 0) is 0 Å². The van der Waals surface area contributed by atoms with Crippen LogP contribution in [0.2, 0.25) is 5.02 Å². The number of carbonyl (C=O) groups excluding carboxylic acids is 1. The van der Waals surface area contributed by atoms with E-state index in [0.29, 0.717) is 22.3 Å². The van der Waals surface area contributed by atoms with Crippen molar-refractivity contribution in [2.24, 2.45) is 0 Å². The lowest BCUT2D eigenvalue weighted by atomic mass is 9.84. The largest absolute Gasteiger partial charge is 0.310 e. The molecule has 1 saturated carbocycles. The number of amides is 1. The molecule has 0 spiro atoms. The molecule has 1 aliphatic rings. The number of rotatable bonds is 4. The number of halogens is 1. The van der Waals surface area contributed by atoms with E-state index in [1.54, 1.807) is 30.3 Å². The van der Waals surface area contributed by atoms with Gasteiger partial charge in [0.25, 0.3) is 5.91 Å². The molecule has 1 heterocycles. The number of anilines is 1. The third kappa shape index (κ3) is 4.48. The fraction of sp³-hybridized carbons (Fsp3) is 0.292. The monoisotopic (exact) mass is 405 g/mol. The van der Waals surface area contributed by atoms with Gasteiger partial charge in [0, 0.05) is 23.3 Å². The van der Waals surface area contributed by atoms with Crippen molar-refractivity contribution in [3.63, 3.8) is 0 Å². The van der Waals surface area contributed by atoms with Crippen LogP contribution in [0.3, 0.4) is 0 Å². The van der Waals surface area contributed by atoms with E-state index >= 15 is 0 Å². The molecule has 148 valence electrons. The van der Waals surface area contributed by atoms with E-state index in [0.717, 1.165) is 11.3 Å². The molecule has 0 N–H and O–H groups in total. The van der Waals surface area contributed by atoms with Gasteiger partial charge in [0.05, 0.1) is 18.1 Å². The molecule has 0 radical (unpaired) electrons. The lowest BCUT2D eigenvalue weighted by Gasteiger charge is -2.22. The van der Waals surface area contributed by atoms with E-state index in [1.807, 2.05) is 12.1 Å². The van der Waals surface area contributed by atoms with Gasteiger partial charge in [-0.1, -0.05) is 55.1 Å². The number of nitrogens with zero attached hydrogens (tertiary/aromatic N) is 3. The minimum Gasteiger partial charge on any atom is -0.310 e. The zero-order chi connectivity index (χ0) is 20.2. The molecule has 0 aliphatic heterocycles. The summed E-state index contributed by atoms with van der Waals surface area (Å²) in [4.78, 5) is 23.2. The van der Waals surface area contributed by atoms with Gasteiger partial charge in [0.15, 0.2) is 0 Å². The number of carbonyl (C=O) groups is 1. The molecule has 4 nitrogen and oxygen atoms in total. The minimum atomic E-state index is -0.208. The minimum absolute atomic E-state index is 0.208. The van der Waals surface area contributed by atoms with Gasteiger partial charge in [-0.2, -0.15) is 0 Å². The van der Waals surface area contributed by atoms with E-state index in [1.165, 1.54) is 43.9 Å². The highest BCUT2D eigenvalue weighted by Crippen LogP contribution is 2.33. The summed E-state index contributed by atoms with van der Waals surface area (Å²) in [5.74, 6) is 0.463. The van der Waals surface area contributed by atoms with Crippen LogP contribution < -0.4 is 4.90 Å². The fourth-order valence-electron chi connectivity index (χ4n) is 3.92.